The van der Waals surface area contributed by atoms with E-state index in [1.807, 2.05) is 13.0 Å². The number of ether oxygens (including phenoxy) is 1. The van der Waals surface area contributed by atoms with Gasteiger partial charge in [0.1, 0.15) is 11.8 Å². The predicted octanol–water partition coefficient (Wildman–Crippen LogP) is 1.63. The first kappa shape index (κ1) is 20.0. The first-order valence-electron chi connectivity index (χ1n) is 8.56. The summed E-state index contributed by atoms with van der Waals surface area (Å²) in [6, 6.07) is 14.4. The number of nitrogens with one attached hydrogen (secondary N) is 2. The summed E-state index contributed by atoms with van der Waals surface area (Å²) >= 11 is 0. The van der Waals surface area contributed by atoms with Crippen LogP contribution in [0, 0.1) is 0 Å². The van der Waals surface area contributed by atoms with Crippen LogP contribution in [0.25, 0.3) is 0 Å². The van der Waals surface area contributed by atoms with Crippen molar-refractivity contribution in [3.05, 3.63) is 65.7 Å². The van der Waals surface area contributed by atoms with Gasteiger partial charge in [-0.1, -0.05) is 30.3 Å². The minimum absolute atomic E-state index is 0.161. The van der Waals surface area contributed by atoms with Gasteiger partial charge in [-0.05, 0) is 36.8 Å². The Morgan fingerprint density at radius 1 is 1.04 bits per heavy atom. The van der Waals surface area contributed by atoms with E-state index in [-0.39, 0.29) is 13.0 Å². The number of hydrogen-bond donors (Lipinski definition) is 3. The van der Waals surface area contributed by atoms with Crippen LogP contribution in [0.5, 0.6) is 5.75 Å². The molecule has 0 saturated heterocycles. The summed E-state index contributed by atoms with van der Waals surface area (Å²) in [5, 5.41) is 14.2. The van der Waals surface area contributed by atoms with Crippen LogP contribution in [0.4, 0.5) is 0 Å². The van der Waals surface area contributed by atoms with Gasteiger partial charge in [-0.15, -0.1) is 0 Å². The zero-order valence-electron chi connectivity index (χ0n) is 15.0. The molecule has 0 fully saturated rings. The van der Waals surface area contributed by atoms with Crippen molar-refractivity contribution >= 4 is 17.8 Å². The summed E-state index contributed by atoms with van der Waals surface area (Å²) < 4.78 is 5.30. The molecule has 142 valence electrons. The molecule has 3 N–H and O–H groups in total. The summed E-state index contributed by atoms with van der Waals surface area (Å²) in [4.78, 5) is 35.5. The predicted molar refractivity (Wildman–Crippen MR) is 99.7 cm³/mol. The van der Waals surface area contributed by atoms with Gasteiger partial charge >= 0.3 is 5.97 Å². The van der Waals surface area contributed by atoms with Crippen LogP contribution in [0.2, 0.25) is 0 Å². The quantitative estimate of drug-likeness (QED) is 0.622. The summed E-state index contributed by atoms with van der Waals surface area (Å²) in [5.41, 5.74) is 1.17. The monoisotopic (exact) mass is 370 g/mol. The Labute approximate surface area is 157 Å². The third kappa shape index (κ3) is 6.47. The van der Waals surface area contributed by atoms with E-state index in [2.05, 4.69) is 10.6 Å². The van der Waals surface area contributed by atoms with Gasteiger partial charge in [-0.25, -0.2) is 4.79 Å². The molecule has 27 heavy (non-hydrogen) atoms. The maximum atomic E-state index is 12.1. The van der Waals surface area contributed by atoms with Crippen molar-refractivity contribution in [2.24, 2.45) is 0 Å². The van der Waals surface area contributed by atoms with Gasteiger partial charge in [0.15, 0.2) is 0 Å². The summed E-state index contributed by atoms with van der Waals surface area (Å²) in [6.45, 7) is 2.07. The molecular formula is C20H22N2O5. The van der Waals surface area contributed by atoms with Crippen molar-refractivity contribution in [1.29, 1.82) is 0 Å². The van der Waals surface area contributed by atoms with E-state index in [0.717, 1.165) is 5.56 Å². The molecule has 2 aromatic rings. The minimum Gasteiger partial charge on any atom is -0.494 e. The van der Waals surface area contributed by atoms with Crippen molar-refractivity contribution in [2.75, 3.05) is 13.2 Å². The molecule has 2 amide bonds. The van der Waals surface area contributed by atoms with Crippen LogP contribution in [0.15, 0.2) is 54.6 Å². The molecule has 0 saturated carbocycles. The van der Waals surface area contributed by atoms with E-state index < -0.39 is 23.8 Å². The first-order chi connectivity index (χ1) is 13.0. The maximum absolute atomic E-state index is 12.1. The van der Waals surface area contributed by atoms with Gasteiger partial charge in [0, 0.05) is 12.0 Å². The van der Waals surface area contributed by atoms with Crippen LogP contribution in [0.1, 0.15) is 22.8 Å². The highest BCUT2D eigenvalue weighted by atomic mass is 16.5. The van der Waals surface area contributed by atoms with E-state index in [1.54, 1.807) is 48.5 Å². The smallest absolute Gasteiger partial charge is 0.326 e. The van der Waals surface area contributed by atoms with Crippen LogP contribution in [-0.4, -0.2) is 42.1 Å². The summed E-state index contributed by atoms with van der Waals surface area (Å²) in [5.74, 6) is -1.48. The fourth-order valence-corrected chi connectivity index (χ4v) is 2.43. The van der Waals surface area contributed by atoms with Crippen molar-refractivity contribution < 1.29 is 24.2 Å². The van der Waals surface area contributed by atoms with Crippen LogP contribution in [0.3, 0.4) is 0 Å². The van der Waals surface area contributed by atoms with E-state index in [4.69, 9.17) is 4.74 Å². The molecule has 2 aromatic carbocycles. The van der Waals surface area contributed by atoms with E-state index >= 15 is 0 Å². The van der Waals surface area contributed by atoms with Crippen molar-refractivity contribution in [3.8, 4) is 5.75 Å². The highest BCUT2D eigenvalue weighted by Crippen LogP contribution is 2.11. The molecule has 7 heteroatoms. The van der Waals surface area contributed by atoms with Gasteiger partial charge < -0.3 is 20.5 Å². The molecule has 0 aliphatic heterocycles. The zero-order chi connectivity index (χ0) is 19.6. The molecule has 0 spiro atoms. The van der Waals surface area contributed by atoms with Crippen molar-refractivity contribution in [1.82, 2.24) is 10.6 Å². The average molecular weight is 370 g/mol. The van der Waals surface area contributed by atoms with E-state index in [9.17, 15) is 19.5 Å². The number of benzene rings is 2. The second-order valence-corrected chi connectivity index (χ2v) is 5.79. The number of carboxylic acid groups (broad SMARTS) is 1. The maximum Gasteiger partial charge on any atom is 0.326 e. The molecule has 0 aliphatic carbocycles. The van der Waals surface area contributed by atoms with E-state index in [0.29, 0.717) is 17.9 Å². The SMILES string of the molecule is CCOc1ccc(C(=O)NCC(=O)NC(Cc2ccccc2)C(=O)O)cc1. The highest BCUT2D eigenvalue weighted by molar-refractivity contribution is 5.97. The highest BCUT2D eigenvalue weighted by Gasteiger charge is 2.20. The number of carbonyl (C=O) groups is 3. The van der Waals surface area contributed by atoms with E-state index in [1.165, 1.54) is 0 Å². The van der Waals surface area contributed by atoms with Gasteiger partial charge in [0.05, 0.1) is 13.2 Å². The Balaban J connectivity index is 1.86. The lowest BCUT2D eigenvalue weighted by Crippen LogP contribution is -2.46. The summed E-state index contributed by atoms with van der Waals surface area (Å²) in [6.07, 6.45) is 0.161. The number of hydrogen-bond acceptors (Lipinski definition) is 4. The third-order valence-electron chi connectivity index (χ3n) is 3.75. The molecule has 7 nitrogen and oxygen atoms in total. The molecule has 0 heterocycles. The number of aliphatic carboxylic acids is 1. The lowest BCUT2D eigenvalue weighted by molar-refractivity contribution is -0.141. The average Bonchev–Trinajstić information content (AvgIpc) is 2.67. The van der Waals surface area contributed by atoms with Gasteiger partial charge in [-0.3, -0.25) is 9.59 Å². The molecule has 1 unspecified atom stereocenters. The second kappa shape index (κ2) is 9.96. The van der Waals surface area contributed by atoms with Gasteiger partial charge in [0.2, 0.25) is 5.91 Å². The Morgan fingerprint density at radius 3 is 2.30 bits per heavy atom. The summed E-state index contributed by atoms with van der Waals surface area (Å²) in [7, 11) is 0. The normalized spacial score (nSPS) is 11.3. The first-order valence-corrected chi connectivity index (χ1v) is 8.56. The lowest BCUT2D eigenvalue weighted by atomic mass is 10.1. The molecule has 2 rings (SSSR count). The molecule has 0 radical (unpaired) electrons. The Kier molecular flexibility index (Phi) is 7.37. The second-order valence-electron chi connectivity index (χ2n) is 5.79. The molecule has 0 aromatic heterocycles. The largest absolute Gasteiger partial charge is 0.494 e. The van der Waals surface area contributed by atoms with Gasteiger partial charge in [-0.2, -0.15) is 0 Å². The third-order valence-corrected chi connectivity index (χ3v) is 3.75. The lowest BCUT2D eigenvalue weighted by Gasteiger charge is -2.15. The molecule has 0 bridgehead atoms. The molecular weight excluding hydrogens is 348 g/mol. The topological polar surface area (TPSA) is 105 Å². The van der Waals surface area contributed by atoms with Gasteiger partial charge in [0.25, 0.3) is 5.91 Å². The fourth-order valence-electron chi connectivity index (χ4n) is 2.43. The number of amides is 2. The fraction of sp³-hybridized carbons (Fsp3) is 0.250. The molecule has 0 aliphatic rings. The van der Waals surface area contributed by atoms with Crippen molar-refractivity contribution in [2.45, 2.75) is 19.4 Å². The number of rotatable bonds is 9. The van der Waals surface area contributed by atoms with Crippen molar-refractivity contribution in [3.63, 3.8) is 0 Å². The Morgan fingerprint density at radius 2 is 1.70 bits per heavy atom. The van der Waals surface area contributed by atoms with Crippen LogP contribution in [-0.2, 0) is 16.0 Å². The number of carboxylic acids is 1. The Hall–Kier alpha value is -3.35. The zero-order valence-corrected chi connectivity index (χ0v) is 15.0. The van der Waals surface area contributed by atoms with Crippen LogP contribution >= 0.6 is 0 Å². The minimum atomic E-state index is -1.13. The standard InChI is InChI=1S/C20H22N2O5/c1-2-27-16-10-8-15(9-11-16)19(24)21-13-18(23)22-17(20(25)26)12-14-6-4-3-5-7-14/h3-11,17H,2,12-13H2,1H3,(H,21,24)(H,22,23)(H,25,26). The molecule has 1 atom stereocenters. The number of carbonyl (C=O) groups excluding carboxylic acids is 2. The van der Waals surface area contributed by atoms with Crippen LogP contribution < -0.4 is 15.4 Å². The Bertz CT molecular complexity index is 775.